The molecule has 0 aromatic heterocycles. The van der Waals surface area contributed by atoms with Crippen LogP contribution in [0.5, 0.6) is 0 Å². The first-order valence-electron chi connectivity index (χ1n) is 6.20. The third-order valence-electron chi connectivity index (χ3n) is 3.56. The van der Waals surface area contributed by atoms with Crippen LogP contribution in [-0.4, -0.2) is 25.7 Å². The van der Waals surface area contributed by atoms with Crippen molar-refractivity contribution in [2.45, 2.75) is 37.8 Å². The number of benzene rings is 1. The third kappa shape index (κ3) is 2.78. The largest absolute Gasteiger partial charge is 0.462 e. The minimum atomic E-state index is 0.0338. The van der Waals surface area contributed by atoms with E-state index in [4.69, 9.17) is 4.74 Å². The van der Waals surface area contributed by atoms with Gasteiger partial charge < -0.3 is 9.64 Å². The number of rotatable bonds is 4. The normalized spacial score (nSPS) is 24.1. The minimum absolute atomic E-state index is 0.0338. The number of ether oxygens (including phenoxy) is 1. The highest BCUT2D eigenvalue weighted by Gasteiger charge is 2.29. The molecule has 92 valence electrons. The molecule has 0 N–H and O–H groups in total. The van der Waals surface area contributed by atoms with Gasteiger partial charge in [0, 0.05) is 12.7 Å². The van der Waals surface area contributed by atoms with Gasteiger partial charge in [0.05, 0.1) is 6.04 Å². The van der Waals surface area contributed by atoms with Gasteiger partial charge in [-0.1, -0.05) is 24.6 Å². The number of anilines is 1. The molecule has 0 heterocycles. The summed E-state index contributed by atoms with van der Waals surface area (Å²) in [5.41, 5.74) is 1.18. The molecule has 2 atom stereocenters. The van der Waals surface area contributed by atoms with Gasteiger partial charge in [-0.2, -0.15) is 0 Å². The quantitative estimate of drug-likeness (QED) is 0.749. The summed E-state index contributed by atoms with van der Waals surface area (Å²) >= 11 is 0. The molecule has 2 rings (SSSR count). The predicted octanol–water partition coefficient (Wildman–Crippen LogP) is 2.61. The molecule has 0 unspecified atom stereocenters. The number of para-hydroxylation sites is 1. The number of hydrogen-bond acceptors (Lipinski definition) is 3. The minimum Gasteiger partial charge on any atom is -0.462 e. The highest BCUT2D eigenvalue weighted by atomic mass is 16.5. The van der Waals surface area contributed by atoms with E-state index in [9.17, 15) is 4.79 Å². The van der Waals surface area contributed by atoms with Crippen molar-refractivity contribution in [1.29, 1.82) is 0 Å². The summed E-state index contributed by atoms with van der Waals surface area (Å²) in [7, 11) is 2.08. The van der Waals surface area contributed by atoms with Gasteiger partial charge in [0.1, 0.15) is 6.10 Å². The maximum Gasteiger partial charge on any atom is 0.293 e. The van der Waals surface area contributed by atoms with E-state index in [1.807, 2.05) is 18.2 Å². The molecule has 1 fully saturated rings. The second-order valence-corrected chi connectivity index (χ2v) is 4.57. The van der Waals surface area contributed by atoms with Gasteiger partial charge in [-0.15, -0.1) is 0 Å². The zero-order valence-corrected chi connectivity index (χ0v) is 10.2. The smallest absolute Gasteiger partial charge is 0.293 e. The Morgan fingerprint density at radius 1 is 1.24 bits per heavy atom. The van der Waals surface area contributed by atoms with Crippen LogP contribution in [0, 0.1) is 0 Å². The average molecular weight is 233 g/mol. The van der Waals surface area contributed by atoms with Gasteiger partial charge >= 0.3 is 0 Å². The Kier molecular flexibility index (Phi) is 4.02. The number of hydrogen-bond donors (Lipinski definition) is 0. The topological polar surface area (TPSA) is 29.5 Å². The van der Waals surface area contributed by atoms with Crippen LogP contribution in [0.4, 0.5) is 5.69 Å². The van der Waals surface area contributed by atoms with Crippen molar-refractivity contribution < 1.29 is 9.53 Å². The van der Waals surface area contributed by atoms with Crippen LogP contribution in [-0.2, 0) is 9.53 Å². The molecular weight excluding hydrogens is 214 g/mol. The lowest BCUT2D eigenvalue weighted by molar-refractivity contribution is -0.135. The molecule has 3 heteroatoms. The van der Waals surface area contributed by atoms with E-state index in [0.717, 1.165) is 19.3 Å². The predicted molar refractivity (Wildman–Crippen MR) is 68.0 cm³/mol. The van der Waals surface area contributed by atoms with E-state index < -0.39 is 0 Å². The summed E-state index contributed by atoms with van der Waals surface area (Å²) in [5, 5.41) is 0. The molecule has 0 amide bonds. The molecule has 0 aliphatic heterocycles. The van der Waals surface area contributed by atoms with Crippen LogP contribution in [0.1, 0.15) is 25.7 Å². The lowest BCUT2D eigenvalue weighted by atomic mass is 9.91. The third-order valence-corrected chi connectivity index (χ3v) is 3.56. The fourth-order valence-electron chi connectivity index (χ4n) is 2.61. The molecule has 3 nitrogen and oxygen atoms in total. The summed E-state index contributed by atoms with van der Waals surface area (Å²) in [5.74, 6) is 0. The summed E-state index contributed by atoms with van der Waals surface area (Å²) in [4.78, 5) is 12.8. The highest BCUT2D eigenvalue weighted by molar-refractivity contribution is 5.47. The van der Waals surface area contributed by atoms with Gasteiger partial charge in [0.2, 0.25) is 0 Å². The maximum absolute atomic E-state index is 10.5. The average Bonchev–Trinajstić information content (AvgIpc) is 2.40. The molecule has 1 aromatic rings. The van der Waals surface area contributed by atoms with Crippen molar-refractivity contribution >= 4 is 12.2 Å². The molecule has 0 spiro atoms. The molecule has 17 heavy (non-hydrogen) atoms. The Morgan fingerprint density at radius 2 is 1.94 bits per heavy atom. The van der Waals surface area contributed by atoms with Crippen molar-refractivity contribution in [2.24, 2.45) is 0 Å². The first-order valence-corrected chi connectivity index (χ1v) is 6.20. The van der Waals surface area contributed by atoms with E-state index in [2.05, 4.69) is 24.1 Å². The standard InChI is InChI=1S/C14H19NO2/c1-15(12-7-3-2-4-8-12)13-9-5-6-10-14(13)17-11-16/h2-4,7-8,11,13-14H,5-6,9-10H2,1H3/t13-,14-/m1/s1. The van der Waals surface area contributed by atoms with E-state index in [0.29, 0.717) is 12.5 Å². The van der Waals surface area contributed by atoms with Crippen LogP contribution in [0.2, 0.25) is 0 Å². The molecule has 1 saturated carbocycles. The monoisotopic (exact) mass is 233 g/mol. The van der Waals surface area contributed by atoms with Gasteiger partial charge in [-0.05, 0) is 31.4 Å². The first kappa shape index (κ1) is 12.0. The van der Waals surface area contributed by atoms with Crippen LogP contribution in [0.3, 0.4) is 0 Å². The van der Waals surface area contributed by atoms with Crippen molar-refractivity contribution in [3.8, 4) is 0 Å². The summed E-state index contributed by atoms with van der Waals surface area (Å²) in [6.45, 7) is 0.585. The Balaban J connectivity index is 2.10. The molecule has 1 aliphatic carbocycles. The van der Waals surface area contributed by atoms with Crippen LogP contribution in [0.25, 0.3) is 0 Å². The van der Waals surface area contributed by atoms with E-state index in [1.165, 1.54) is 12.1 Å². The summed E-state index contributed by atoms with van der Waals surface area (Å²) < 4.78 is 5.22. The van der Waals surface area contributed by atoms with Crippen LogP contribution < -0.4 is 4.90 Å². The molecule has 0 radical (unpaired) electrons. The summed E-state index contributed by atoms with van der Waals surface area (Å²) in [6, 6.07) is 10.6. The zero-order chi connectivity index (χ0) is 12.1. The Bertz CT molecular complexity index is 352. The number of carbonyl (C=O) groups excluding carboxylic acids is 1. The first-order chi connectivity index (χ1) is 8.33. The molecule has 1 aliphatic rings. The van der Waals surface area contributed by atoms with E-state index in [1.54, 1.807) is 0 Å². The maximum atomic E-state index is 10.5. The van der Waals surface area contributed by atoms with Gasteiger partial charge in [-0.25, -0.2) is 0 Å². The van der Waals surface area contributed by atoms with Gasteiger partial charge in [0.25, 0.3) is 6.47 Å². The van der Waals surface area contributed by atoms with Gasteiger partial charge in [0.15, 0.2) is 0 Å². The summed E-state index contributed by atoms with van der Waals surface area (Å²) in [6.07, 6.45) is 4.45. The lowest BCUT2D eigenvalue weighted by Crippen LogP contribution is -2.44. The Labute approximate surface area is 102 Å². The fourth-order valence-corrected chi connectivity index (χ4v) is 2.61. The molecule has 1 aromatic carbocycles. The van der Waals surface area contributed by atoms with E-state index in [-0.39, 0.29) is 6.10 Å². The van der Waals surface area contributed by atoms with Crippen molar-refractivity contribution in [1.82, 2.24) is 0 Å². The van der Waals surface area contributed by atoms with Crippen LogP contribution >= 0.6 is 0 Å². The fraction of sp³-hybridized carbons (Fsp3) is 0.500. The van der Waals surface area contributed by atoms with Crippen molar-refractivity contribution in [2.75, 3.05) is 11.9 Å². The number of nitrogens with zero attached hydrogens (tertiary/aromatic N) is 1. The highest BCUT2D eigenvalue weighted by Crippen LogP contribution is 2.27. The number of carbonyl (C=O) groups is 1. The van der Waals surface area contributed by atoms with Crippen molar-refractivity contribution in [3.05, 3.63) is 30.3 Å². The van der Waals surface area contributed by atoms with E-state index >= 15 is 0 Å². The Hall–Kier alpha value is -1.51. The second kappa shape index (κ2) is 5.71. The number of likely N-dealkylation sites (N-methyl/N-ethyl adjacent to an activating group) is 1. The lowest BCUT2D eigenvalue weighted by Gasteiger charge is -2.37. The zero-order valence-electron chi connectivity index (χ0n) is 10.2. The van der Waals surface area contributed by atoms with Crippen molar-refractivity contribution in [3.63, 3.8) is 0 Å². The second-order valence-electron chi connectivity index (χ2n) is 4.57. The molecular formula is C14H19NO2. The molecule has 0 bridgehead atoms. The molecule has 0 saturated heterocycles. The van der Waals surface area contributed by atoms with Crippen LogP contribution in [0.15, 0.2) is 30.3 Å². The Morgan fingerprint density at radius 3 is 2.65 bits per heavy atom. The van der Waals surface area contributed by atoms with Gasteiger partial charge in [-0.3, -0.25) is 4.79 Å². The SMILES string of the molecule is CN(c1ccccc1)[C@@H]1CCCC[C@H]1OC=O.